The molecule has 138 valence electrons. The molecule has 3 heteroatoms. The number of ether oxygens (including phenoxy) is 1. The third kappa shape index (κ3) is 16.1. The fourth-order valence-electron chi connectivity index (χ4n) is 2.90. The van der Waals surface area contributed by atoms with Gasteiger partial charge in [-0.25, -0.2) is 0 Å². The number of rotatable bonds is 17. The third-order valence-corrected chi connectivity index (χ3v) is 4.50. The van der Waals surface area contributed by atoms with E-state index in [2.05, 4.69) is 13.8 Å². The highest BCUT2D eigenvalue weighted by Crippen LogP contribution is 2.19. The lowest BCUT2D eigenvalue weighted by Gasteiger charge is -2.17. The average molecular weight is 328 g/mol. The molecule has 0 saturated heterocycles. The summed E-state index contributed by atoms with van der Waals surface area (Å²) in [6, 6.07) is 0. The Labute approximate surface area is 144 Å². The molecule has 0 unspecified atom stereocenters. The van der Waals surface area contributed by atoms with E-state index in [0.717, 1.165) is 19.3 Å². The van der Waals surface area contributed by atoms with Gasteiger partial charge in [-0.1, -0.05) is 71.6 Å². The lowest BCUT2D eigenvalue weighted by Crippen LogP contribution is -2.14. The van der Waals surface area contributed by atoms with Crippen molar-refractivity contribution in [3.05, 3.63) is 0 Å². The quantitative estimate of drug-likeness (QED) is 0.279. The maximum Gasteiger partial charge on any atom is 0.305 e. The second kappa shape index (κ2) is 17.8. The van der Waals surface area contributed by atoms with Gasteiger partial charge in [0, 0.05) is 6.42 Å². The summed E-state index contributed by atoms with van der Waals surface area (Å²) in [7, 11) is 0. The molecule has 0 aromatic carbocycles. The van der Waals surface area contributed by atoms with E-state index in [1.807, 2.05) is 0 Å². The van der Waals surface area contributed by atoms with Gasteiger partial charge in [0.1, 0.15) is 0 Å². The first kappa shape index (κ1) is 22.4. The Morgan fingerprint density at radius 3 is 1.91 bits per heavy atom. The van der Waals surface area contributed by atoms with Gasteiger partial charge in [0.05, 0.1) is 6.61 Å². The minimum atomic E-state index is -0.0193. The molecule has 0 aliphatic heterocycles. The highest BCUT2D eigenvalue weighted by Gasteiger charge is 2.12. The first-order valence-corrected chi connectivity index (χ1v) is 10.1. The highest BCUT2D eigenvalue weighted by atomic mass is 16.5. The van der Waals surface area contributed by atoms with Crippen LogP contribution in [0.4, 0.5) is 0 Å². The van der Waals surface area contributed by atoms with Gasteiger partial charge in [-0.2, -0.15) is 0 Å². The van der Waals surface area contributed by atoms with E-state index in [1.54, 1.807) is 0 Å². The van der Waals surface area contributed by atoms with Crippen LogP contribution < -0.4 is 5.73 Å². The molecule has 0 bridgehead atoms. The Balaban J connectivity index is 3.89. The van der Waals surface area contributed by atoms with Gasteiger partial charge in [0.25, 0.3) is 0 Å². The lowest BCUT2D eigenvalue weighted by molar-refractivity contribution is -0.145. The van der Waals surface area contributed by atoms with Gasteiger partial charge in [-0.05, 0) is 38.1 Å². The van der Waals surface area contributed by atoms with Crippen molar-refractivity contribution in [3.8, 4) is 0 Å². The molecule has 0 heterocycles. The zero-order valence-electron chi connectivity index (χ0n) is 15.8. The first-order chi connectivity index (χ1) is 11.2. The summed E-state index contributed by atoms with van der Waals surface area (Å²) in [6.45, 7) is 5.84. The highest BCUT2D eigenvalue weighted by molar-refractivity contribution is 5.69. The number of hydrogen-bond acceptors (Lipinski definition) is 3. The monoisotopic (exact) mass is 327 g/mol. The van der Waals surface area contributed by atoms with Crippen molar-refractivity contribution >= 4 is 5.97 Å². The van der Waals surface area contributed by atoms with E-state index in [1.165, 1.54) is 64.2 Å². The van der Waals surface area contributed by atoms with Crippen molar-refractivity contribution < 1.29 is 9.53 Å². The molecule has 2 N–H and O–H groups in total. The number of nitrogens with two attached hydrogens (primary N) is 1. The van der Waals surface area contributed by atoms with Crippen molar-refractivity contribution in [1.29, 1.82) is 0 Å². The van der Waals surface area contributed by atoms with Crippen LogP contribution in [-0.4, -0.2) is 19.1 Å². The van der Waals surface area contributed by atoms with Gasteiger partial charge in [-0.3, -0.25) is 4.79 Å². The van der Waals surface area contributed by atoms with Gasteiger partial charge >= 0.3 is 5.97 Å². The first-order valence-electron chi connectivity index (χ1n) is 10.1. The minimum Gasteiger partial charge on any atom is -0.465 e. The second-order valence-corrected chi connectivity index (χ2v) is 6.85. The Kier molecular flexibility index (Phi) is 17.3. The summed E-state index contributed by atoms with van der Waals surface area (Å²) in [6.07, 6.45) is 16.3. The van der Waals surface area contributed by atoms with E-state index in [9.17, 15) is 4.79 Å². The van der Waals surface area contributed by atoms with Gasteiger partial charge in [-0.15, -0.1) is 0 Å². The Bertz CT molecular complexity index is 244. The summed E-state index contributed by atoms with van der Waals surface area (Å²) in [5, 5.41) is 0. The van der Waals surface area contributed by atoms with E-state index in [4.69, 9.17) is 10.5 Å². The summed E-state index contributed by atoms with van der Waals surface area (Å²) < 4.78 is 5.53. The van der Waals surface area contributed by atoms with Gasteiger partial charge < -0.3 is 10.5 Å². The van der Waals surface area contributed by atoms with Crippen molar-refractivity contribution in [3.63, 3.8) is 0 Å². The SMILES string of the molecule is CCCCCCC(CCCCCC)COC(=O)CCCCCN. The summed E-state index contributed by atoms with van der Waals surface area (Å²) in [5.41, 5.74) is 5.46. The minimum absolute atomic E-state index is 0.0193. The average Bonchev–Trinajstić information content (AvgIpc) is 2.56. The van der Waals surface area contributed by atoms with Crippen LogP contribution in [0.1, 0.15) is 104 Å². The molecule has 0 atom stereocenters. The number of carbonyl (C=O) groups excluding carboxylic acids is 1. The zero-order chi connectivity index (χ0) is 17.2. The topological polar surface area (TPSA) is 52.3 Å². The molecule has 0 radical (unpaired) electrons. The number of carbonyl (C=O) groups is 1. The normalized spacial score (nSPS) is 11.1. The standard InChI is InChI=1S/C20H41NO2/c1-3-5-7-10-14-19(15-11-8-6-4-2)18-23-20(22)16-12-9-13-17-21/h19H,3-18,21H2,1-2H3. The van der Waals surface area contributed by atoms with Crippen molar-refractivity contribution in [2.45, 2.75) is 104 Å². The molecule has 0 spiro atoms. The maximum atomic E-state index is 11.8. The zero-order valence-corrected chi connectivity index (χ0v) is 15.8. The molecule has 0 aromatic heterocycles. The molecule has 0 aromatic rings. The Morgan fingerprint density at radius 2 is 1.39 bits per heavy atom. The van der Waals surface area contributed by atoms with Crippen LogP contribution in [0.5, 0.6) is 0 Å². The molecule has 0 rings (SSSR count). The fourth-order valence-corrected chi connectivity index (χ4v) is 2.90. The largest absolute Gasteiger partial charge is 0.465 e. The van der Waals surface area contributed by atoms with Crippen LogP contribution in [-0.2, 0) is 9.53 Å². The van der Waals surface area contributed by atoms with E-state index in [0.29, 0.717) is 25.5 Å². The molecular weight excluding hydrogens is 286 g/mol. The van der Waals surface area contributed by atoms with Crippen LogP contribution in [0.2, 0.25) is 0 Å². The molecule has 23 heavy (non-hydrogen) atoms. The van der Waals surface area contributed by atoms with Crippen LogP contribution in [0.25, 0.3) is 0 Å². The predicted octanol–water partition coefficient (Wildman–Crippen LogP) is 5.61. The molecule has 0 amide bonds. The second-order valence-electron chi connectivity index (χ2n) is 6.85. The molecule has 0 aliphatic rings. The number of unbranched alkanes of at least 4 members (excludes halogenated alkanes) is 8. The lowest BCUT2D eigenvalue weighted by atomic mass is 9.95. The van der Waals surface area contributed by atoms with Crippen LogP contribution in [0.15, 0.2) is 0 Å². The van der Waals surface area contributed by atoms with Crippen LogP contribution in [0.3, 0.4) is 0 Å². The molecular formula is C20H41NO2. The van der Waals surface area contributed by atoms with Crippen LogP contribution >= 0.6 is 0 Å². The number of esters is 1. The van der Waals surface area contributed by atoms with E-state index < -0.39 is 0 Å². The molecule has 0 aliphatic carbocycles. The van der Waals surface area contributed by atoms with Gasteiger partial charge in [0.15, 0.2) is 0 Å². The molecule has 0 saturated carbocycles. The van der Waals surface area contributed by atoms with Crippen molar-refractivity contribution in [2.75, 3.05) is 13.2 Å². The predicted molar refractivity (Wildman–Crippen MR) is 99.5 cm³/mol. The summed E-state index contributed by atoms with van der Waals surface area (Å²) in [5.74, 6) is 0.547. The van der Waals surface area contributed by atoms with Gasteiger partial charge in [0.2, 0.25) is 0 Å². The Morgan fingerprint density at radius 1 is 0.826 bits per heavy atom. The summed E-state index contributed by atoms with van der Waals surface area (Å²) in [4.78, 5) is 11.8. The van der Waals surface area contributed by atoms with Crippen molar-refractivity contribution in [1.82, 2.24) is 0 Å². The fraction of sp³-hybridized carbons (Fsp3) is 0.950. The smallest absolute Gasteiger partial charge is 0.305 e. The maximum absolute atomic E-state index is 11.8. The van der Waals surface area contributed by atoms with Crippen LogP contribution in [0, 0.1) is 5.92 Å². The summed E-state index contributed by atoms with van der Waals surface area (Å²) >= 11 is 0. The van der Waals surface area contributed by atoms with Crippen molar-refractivity contribution in [2.24, 2.45) is 11.7 Å². The number of hydrogen-bond donors (Lipinski definition) is 1. The third-order valence-electron chi connectivity index (χ3n) is 4.50. The van der Waals surface area contributed by atoms with E-state index >= 15 is 0 Å². The Hall–Kier alpha value is -0.570. The van der Waals surface area contributed by atoms with E-state index in [-0.39, 0.29) is 5.97 Å². The molecule has 3 nitrogen and oxygen atoms in total. The molecule has 0 fully saturated rings.